The van der Waals surface area contributed by atoms with Crippen LogP contribution in [0.1, 0.15) is 6.92 Å². The van der Waals surface area contributed by atoms with E-state index in [2.05, 4.69) is 20.5 Å². The molecule has 0 saturated heterocycles. The Bertz CT molecular complexity index is 1010. The fraction of sp³-hybridized carbons (Fsp3) is 0.111. The molecule has 2 heterocycles. The maximum atomic E-state index is 12.5. The minimum atomic E-state index is -0.278. The van der Waals surface area contributed by atoms with Gasteiger partial charge in [0.05, 0.1) is 15.5 Å². The summed E-state index contributed by atoms with van der Waals surface area (Å²) in [6, 6.07) is 17.8. The SMILES string of the molecule is C[C@@H](Sc1nc2ccccc2s1)C(=O)Nc1nnc(-c2ccccc2)s1. The van der Waals surface area contributed by atoms with Crippen LogP contribution in [-0.2, 0) is 4.79 Å². The molecule has 0 aliphatic rings. The Balaban J connectivity index is 1.42. The molecule has 1 atom stereocenters. The van der Waals surface area contributed by atoms with E-state index in [9.17, 15) is 4.79 Å². The van der Waals surface area contributed by atoms with Gasteiger partial charge in [0.1, 0.15) is 5.01 Å². The van der Waals surface area contributed by atoms with E-state index in [4.69, 9.17) is 0 Å². The van der Waals surface area contributed by atoms with Crippen LogP contribution in [0.25, 0.3) is 20.8 Å². The predicted molar refractivity (Wildman–Crippen MR) is 109 cm³/mol. The number of nitrogens with one attached hydrogen (secondary N) is 1. The highest BCUT2D eigenvalue weighted by Crippen LogP contribution is 2.32. The van der Waals surface area contributed by atoms with E-state index in [1.165, 1.54) is 23.1 Å². The molecular weight excluding hydrogens is 384 g/mol. The smallest absolute Gasteiger partial charge is 0.239 e. The van der Waals surface area contributed by atoms with Crippen LogP contribution in [0.2, 0.25) is 0 Å². The zero-order chi connectivity index (χ0) is 17.9. The highest BCUT2D eigenvalue weighted by Gasteiger charge is 2.18. The summed E-state index contributed by atoms with van der Waals surface area (Å²) >= 11 is 4.41. The molecule has 4 rings (SSSR count). The number of fused-ring (bicyclic) bond motifs is 1. The van der Waals surface area contributed by atoms with Crippen LogP contribution in [0, 0.1) is 0 Å². The van der Waals surface area contributed by atoms with Crippen LogP contribution in [0.5, 0.6) is 0 Å². The highest BCUT2D eigenvalue weighted by atomic mass is 32.2. The number of aromatic nitrogens is 3. The minimum absolute atomic E-state index is 0.106. The molecule has 0 aliphatic heterocycles. The molecule has 8 heteroatoms. The maximum absolute atomic E-state index is 12.5. The number of anilines is 1. The molecule has 0 radical (unpaired) electrons. The van der Waals surface area contributed by atoms with Gasteiger partial charge in [0.2, 0.25) is 11.0 Å². The number of amides is 1. The van der Waals surface area contributed by atoms with Gasteiger partial charge < -0.3 is 0 Å². The summed E-state index contributed by atoms with van der Waals surface area (Å²) in [5.74, 6) is -0.106. The van der Waals surface area contributed by atoms with Gasteiger partial charge >= 0.3 is 0 Å². The second kappa shape index (κ2) is 7.53. The van der Waals surface area contributed by atoms with Crippen molar-refractivity contribution in [2.75, 3.05) is 5.32 Å². The van der Waals surface area contributed by atoms with E-state index >= 15 is 0 Å². The third kappa shape index (κ3) is 3.77. The molecule has 26 heavy (non-hydrogen) atoms. The zero-order valence-electron chi connectivity index (χ0n) is 13.7. The number of hydrogen-bond acceptors (Lipinski definition) is 7. The Hall–Kier alpha value is -2.29. The molecular formula is C18H14N4OS3. The molecule has 0 unspecified atom stereocenters. The van der Waals surface area contributed by atoms with Gasteiger partial charge in [-0.25, -0.2) is 4.98 Å². The van der Waals surface area contributed by atoms with Crippen LogP contribution in [0.3, 0.4) is 0 Å². The van der Waals surface area contributed by atoms with Crippen molar-refractivity contribution in [1.82, 2.24) is 15.2 Å². The number of hydrogen-bond donors (Lipinski definition) is 1. The van der Waals surface area contributed by atoms with E-state index in [1.807, 2.05) is 61.5 Å². The lowest BCUT2D eigenvalue weighted by atomic mass is 10.2. The monoisotopic (exact) mass is 398 g/mol. The average Bonchev–Trinajstić information content (AvgIpc) is 3.28. The van der Waals surface area contributed by atoms with Gasteiger partial charge in [-0.3, -0.25) is 10.1 Å². The number of rotatable bonds is 5. The number of benzene rings is 2. The maximum Gasteiger partial charge on any atom is 0.239 e. The summed E-state index contributed by atoms with van der Waals surface area (Å²) < 4.78 is 2.01. The lowest BCUT2D eigenvalue weighted by Crippen LogP contribution is -2.22. The average molecular weight is 399 g/mol. The molecule has 0 spiro atoms. The molecule has 4 aromatic rings. The van der Waals surface area contributed by atoms with Crippen LogP contribution < -0.4 is 5.32 Å². The first-order valence-corrected chi connectivity index (χ1v) is 10.4. The molecule has 0 bridgehead atoms. The zero-order valence-corrected chi connectivity index (χ0v) is 16.2. The predicted octanol–water partition coefficient (Wildman–Crippen LogP) is 4.93. The number of para-hydroxylation sites is 1. The number of thioether (sulfide) groups is 1. The van der Waals surface area contributed by atoms with Gasteiger partial charge in [0, 0.05) is 5.56 Å². The van der Waals surface area contributed by atoms with Crippen LogP contribution in [-0.4, -0.2) is 26.3 Å². The van der Waals surface area contributed by atoms with Gasteiger partial charge in [-0.15, -0.1) is 21.5 Å². The third-order valence-electron chi connectivity index (χ3n) is 3.60. The largest absolute Gasteiger partial charge is 0.300 e. The first kappa shape index (κ1) is 17.1. The molecule has 1 amide bonds. The van der Waals surface area contributed by atoms with Crippen molar-refractivity contribution in [2.45, 2.75) is 16.5 Å². The third-order valence-corrected chi connectivity index (χ3v) is 6.71. The van der Waals surface area contributed by atoms with Gasteiger partial charge in [-0.2, -0.15) is 0 Å². The Morgan fingerprint density at radius 2 is 1.81 bits per heavy atom. The van der Waals surface area contributed by atoms with Crippen molar-refractivity contribution in [2.24, 2.45) is 0 Å². The molecule has 5 nitrogen and oxygen atoms in total. The minimum Gasteiger partial charge on any atom is -0.300 e. The number of thiazole rings is 1. The number of nitrogens with zero attached hydrogens (tertiary/aromatic N) is 3. The van der Waals surface area contributed by atoms with Gasteiger partial charge in [-0.1, -0.05) is 65.6 Å². The van der Waals surface area contributed by atoms with Gasteiger partial charge in [-0.05, 0) is 19.1 Å². The normalized spacial score (nSPS) is 12.2. The summed E-state index contributed by atoms with van der Waals surface area (Å²) in [6.45, 7) is 1.87. The van der Waals surface area contributed by atoms with Crippen LogP contribution >= 0.6 is 34.4 Å². The lowest BCUT2D eigenvalue weighted by molar-refractivity contribution is -0.115. The van der Waals surface area contributed by atoms with Crippen LogP contribution in [0.15, 0.2) is 58.9 Å². The van der Waals surface area contributed by atoms with E-state index in [0.29, 0.717) is 5.13 Å². The summed E-state index contributed by atoms with van der Waals surface area (Å²) in [5, 5.41) is 12.1. The summed E-state index contributed by atoms with van der Waals surface area (Å²) in [4.78, 5) is 17.0. The van der Waals surface area contributed by atoms with E-state index < -0.39 is 0 Å². The first-order valence-electron chi connectivity index (χ1n) is 7.91. The highest BCUT2D eigenvalue weighted by molar-refractivity contribution is 8.02. The summed E-state index contributed by atoms with van der Waals surface area (Å²) in [6.07, 6.45) is 0. The Morgan fingerprint density at radius 3 is 2.62 bits per heavy atom. The lowest BCUT2D eigenvalue weighted by Gasteiger charge is -2.07. The van der Waals surface area contributed by atoms with Crippen molar-refractivity contribution in [3.8, 4) is 10.6 Å². The molecule has 0 saturated carbocycles. The topological polar surface area (TPSA) is 67.8 Å². The number of carbonyl (C=O) groups excluding carboxylic acids is 1. The van der Waals surface area contributed by atoms with Crippen LogP contribution in [0.4, 0.5) is 5.13 Å². The van der Waals surface area contributed by atoms with Crippen molar-refractivity contribution >= 4 is 55.7 Å². The summed E-state index contributed by atoms with van der Waals surface area (Å²) in [5.41, 5.74) is 1.95. The van der Waals surface area contributed by atoms with Gasteiger partial charge in [0.15, 0.2) is 4.34 Å². The van der Waals surface area contributed by atoms with E-state index in [1.54, 1.807) is 11.3 Å². The molecule has 2 aromatic carbocycles. The molecule has 1 N–H and O–H groups in total. The van der Waals surface area contributed by atoms with Crippen molar-refractivity contribution in [3.63, 3.8) is 0 Å². The Labute approximate surface area is 162 Å². The molecule has 0 aliphatic carbocycles. The fourth-order valence-electron chi connectivity index (χ4n) is 2.28. The molecule has 130 valence electrons. The van der Waals surface area contributed by atoms with Crippen molar-refractivity contribution < 1.29 is 4.79 Å². The quantitative estimate of drug-likeness (QED) is 0.483. The van der Waals surface area contributed by atoms with Crippen molar-refractivity contribution in [3.05, 3.63) is 54.6 Å². The molecule has 2 aromatic heterocycles. The van der Waals surface area contributed by atoms with Crippen molar-refractivity contribution in [1.29, 1.82) is 0 Å². The van der Waals surface area contributed by atoms with Gasteiger partial charge in [0.25, 0.3) is 0 Å². The second-order valence-corrected chi connectivity index (χ2v) is 9.07. The standard InChI is InChI=1S/C18H14N4OS3/c1-11(24-18-19-13-9-5-6-10-14(13)25-18)15(23)20-17-22-21-16(26-17)12-7-3-2-4-8-12/h2-11H,1H3,(H,20,22,23)/t11-/m1/s1. The Kier molecular flexibility index (Phi) is 4.96. The van der Waals surface area contributed by atoms with E-state index in [-0.39, 0.29) is 11.2 Å². The molecule has 0 fully saturated rings. The summed E-state index contributed by atoms with van der Waals surface area (Å²) in [7, 11) is 0. The number of carbonyl (C=O) groups is 1. The fourth-order valence-corrected chi connectivity index (χ4v) is 5.25. The second-order valence-electron chi connectivity index (χ2n) is 5.48. The first-order chi connectivity index (χ1) is 12.7. The Morgan fingerprint density at radius 1 is 1.04 bits per heavy atom. The van der Waals surface area contributed by atoms with E-state index in [0.717, 1.165) is 25.1 Å².